The molecule has 2 unspecified atom stereocenters. The Bertz CT molecular complexity index is 1090. The van der Waals surface area contributed by atoms with Gasteiger partial charge in [-0.05, 0) is 60.1 Å². The molecule has 0 amide bonds. The van der Waals surface area contributed by atoms with Crippen molar-refractivity contribution in [3.8, 4) is 23.0 Å². The molecule has 37 heavy (non-hydrogen) atoms. The normalized spacial score (nSPS) is 27.2. The van der Waals surface area contributed by atoms with Crippen LogP contribution >= 0.6 is 0 Å². The molecule has 0 bridgehead atoms. The number of carboxylic acids is 1. The quantitative estimate of drug-likeness (QED) is 0.315. The number of ether oxygens (including phenoxy) is 4. The molecule has 1 fully saturated rings. The van der Waals surface area contributed by atoms with Gasteiger partial charge in [-0.1, -0.05) is 26.0 Å². The van der Waals surface area contributed by atoms with E-state index in [0.29, 0.717) is 23.8 Å². The van der Waals surface area contributed by atoms with Gasteiger partial charge in [0.15, 0.2) is 29.1 Å². The molecule has 0 aromatic heterocycles. The van der Waals surface area contributed by atoms with Gasteiger partial charge in [0, 0.05) is 6.92 Å². The van der Waals surface area contributed by atoms with Crippen LogP contribution in [-0.4, -0.2) is 75.9 Å². The van der Waals surface area contributed by atoms with E-state index in [4.69, 9.17) is 18.9 Å². The van der Waals surface area contributed by atoms with E-state index in [1.807, 2.05) is 18.2 Å². The highest BCUT2D eigenvalue weighted by Crippen LogP contribution is 2.37. The van der Waals surface area contributed by atoms with Crippen molar-refractivity contribution in [1.82, 2.24) is 0 Å². The molecule has 0 saturated carbocycles. The van der Waals surface area contributed by atoms with Crippen molar-refractivity contribution < 1.29 is 49.3 Å². The van der Waals surface area contributed by atoms with E-state index in [9.17, 15) is 30.3 Å². The molecule has 3 rings (SSSR count). The van der Waals surface area contributed by atoms with Crippen LogP contribution in [0.15, 0.2) is 36.4 Å². The van der Waals surface area contributed by atoms with Crippen molar-refractivity contribution >= 4 is 5.97 Å². The number of carbonyl (C=O) groups is 1. The summed E-state index contributed by atoms with van der Waals surface area (Å²) in [6.07, 6.45) is -5.77. The van der Waals surface area contributed by atoms with Crippen LogP contribution in [0.3, 0.4) is 0 Å². The van der Waals surface area contributed by atoms with E-state index in [0.717, 1.165) is 17.5 Å². The average Bonchev–Trinajstić information content (AvgIpc) is 2.86. The van der Waals surface area contributed by atoms with Crippen molar-refractivity contribution in [2.45, 2.75) is 63.8 Å². The maximum atomic E-state index is 11.4. The molecule has 10 heteroatoms. The smallest absolute Gasteiger partial charge is 0.335 e. The third-order valence-corrected chi connectivity index (χ3v) is 7.00. The summed E-state index contributed by atoms with van der Waals surface area (Å²) in [6, 6.07) is 10.6. The van der Waals surface area contributed by atoms with Gasteiger partial charge >= 0.3 is 5.97 Å². The zero-order chi connectivity index (χ0) is 27.5. The highest BCUT2D eigenvalue weighted by molar-refractivity contribution is 5.73. The molecule has 10 nitrogen and oxygen atoms in total. The Morgan fingerprint density at radius 3 is 1.97 bits per heavy atom. The minimum Gasteiger partial charge on any atom is -0.504 e. The van der Waals surface area contributed by atoms with Gasteiger partial charge in [0.05, 0.1) is 14.2 Å². The molecule has 1 saturated heterocycles. The van der Waals surface area contributed by atoms with Crippen LogP contribution in [-0.2, 0) is 22.4 Å². The number of hydrogen-bond donors (Lipinski definition) is 5. The number of rotatable bonds is 10. The monoisotopic (exact) mass is 520 g/mol. The topological polar surface area (TPSA) is 155 Å². The Labute approximate surface area is 216 Å². The summed E-state index contributed by atoms with van der Waals surface area (Å²) < 4.78 is 21.6. The molecule has 2 aromatic rings. The number of aliphatic carboxylic acids is 1. The molecule has 0 spiro atoms. The number of hydrogen-bond acceptors (Lipinski definition) is 9. The van der Waals surface area contributed by atoms with E-state index in [1.54, 1.807) is 20.3 Å². The standard InChI is InChI=1S/C27H36O10/c1-14(15(2)11-17-7-9-20(34-4)21(13-17)35-5)10-16-6-8-19(18(28)12-16)36-27(3)25(31)23(30)22(29)24(37-27)26(32)33/h6-9,12-15,22-25,28-31H,10-11H2,1-5H3,(H,32,33)/t14?,15?,22-,23-,24-,25+,27+/m0/s1. The molecular formula is C27H36O10. The van der Waals surface area contributed by atoms with Crippen LogP contribution in [0.2, 0.25) is 0 Å². The minimum absolute atomic E-state index is 0.0657. The van der Waals surface area contributed by atoms with Crippen LogP contribution in [0, 0.1) is 11.8 Å². The maximum Gasteiger partial charge on any atom is 0.335 e. The van der Waals surface area contributed by atoms with Crippen molar-refractivity contribution in [3.05, 3.63) is 47.5 Å². The maximum absolute atomic E-state index is 11.4. The first kappa shape index (κ1) is 28.5. The van der Waals surface area contributed by atoms with Crippen LogP contribution in [0.4, 0.5) is 0 Å². The van der Waals surface area contributed by atoms with E-state index in [2.05, 4.69) is 13.8 Å². The highest BCUT2D eigenvalue weighted by Gasteiger charge is 2.55. The molecule has 1 aliphatic rings. The fourth-order valence-corrected chi connectivity index (χ4v) is 4.50. The second kappa shape index (κ2) is 11.6. The first-order valence-corrected chi connectivity index (χ1v) is 12.1. The van der Waals surface area contributed by atoms with E-state index >= 15 is 0 Å². The second-order valence-corrected chi connectivity index (χ2v) is 9.77. The number of methoxy groups -OCH3 is 2. The fourth-order valence-electron chi connectivity index (χ4n) is 4.50. The number of benzene rings is 2. The SMILES string of the molecule is COc1ccc(CC(C)C(C)Cc2ccc(O[C@]3(C)O[C@H](C(=O)O)[C@@H](O)[C@H](O)[C@H]3O)c(O)c2)cc1OC. The Morgan fingerprint density at radius 1 is 0.919 bits per heavy atom. The van der Waals surface area contributed by atoms with E-state index < -0.39 is 36.2 Å². The molecule has 7 atom stereocenters. The van der Waals surface area contributed by atoms with Gasteiger partial charge in [0.1, 0.15) is 18.3 Å². The highest BCUT2D eigenvalue weighted by atomic mass is 16.7. The first-order valence-electron chi connectivity index (χ1n) is 12.1. The van der Waals surface area contributed by atoms with Crippen molar-refractivity contribution in [1.29, 1.82) is 0 Å². The summed E-state index contributed by atoms with van der Waals surface area (Å²) >= 11 is 0. The number of phenols is 1. The predicted octanol–water partition coefficient (Wildman–Crippen LogP) is 2.13. The van der Waals surface area contributed by atoms with E-state index in [1.165, 1.54) is 19.1 Å². The lowest BCUT2D eigenvalue weighted by Gasteiger charge is -2.45. The van der Waals surface area contributed by atoms with Gasteiger partial charge in [-0.25, -0.2) is 4.79 Å². The van der Waals surface area contributed by atoms with Crippen LogP contribution in [0.1, 0.15) is 31.9 Å². The summed E-state index contributed by atoms with van der Waals surface area (Å²) in [5, 5.41) is 50.3. The Balaban J connectivity index is 1.68. The van der Waals surface area contributed by atoms with Crippen LogP contribution < -0.4 is 14.2 Å². The lowest BCUT2D eigenvalue weighted by molar-refractivity contribution is -0.322. The number of carboxylic acid groups (broad SMARTS) is 1. The Hall–Kier alpha value is -3.05. The largest absolute Gasteiger partial charge is 0.504 e. The van der Waals surface area contributed by atoms with Crippen LogP contribution in [0.5, 0.6) is 23.0 Å². The molecule has 5 N–H and O–H groups in total. The van der Waals surface area contributed by atoms with Gasteiger partial charge < -0.3 is 44.5 Å². The average molecular weight is 521 g/mol. The Morgan fingerprint density at radius 2 is 1.46 bits per heavy atom. The summed E-state index contributed by atoms with van der Waals surface area (Å²) in [7, 11) is 3.20. The number of aromatic hydroxyl groups is 1. The molecule has 2 aromatic carbocycles. The molecule has 1 heterocycles. The number of aliphatic hydroxyl groups excluding tert-OH is 3. The van der Waals surface area contributed by atoms with Crippen molar-refractivity contribution in [2.75, 3.05) is 14.2 Å². The van der Waals surface area contributed by atoms with Gasteiger partial charge in [0.25, 0.3) is 0 Å². The molecule has 0 radical (unpaired) electrons. The second-order valence-electron chi connectivity index (χ2n) is 9.77. The molecular weight excluding hydrogens is 484 g/mol. The summed E-state index contributed by atoms with van der Waals surface area (Å²) in [4.78, 5) is 11.4. The minimum atomic E-state index is -2.03. The van der Waals surface area contributed by atoms with Gasteiger partial charge in [-0.15, -0.1) is 0 Å². The third-order valence-electron chi connectivity index (χ3n) is 7.00. The fraction of sp³-hybridized carbons (Fsp3) is 0.519. The number of aliphatic hydroxyl groups is 3. The predicted molar refractivity (Wildman–Crippen MR) is 133 cm³/mol. The summed E-state index contributed by atoms with van der Waals surface area (Å²) in [5.74, 6) is -1.93. The Kier molecular flexibility index (Phi) is 8.91. The summed E-state index contributed by atoms with van der Waals surface area (Å²) in [5.41, 5.74) is 1.97. The third kappa shape index (κ3) is 6.27. The lowest BCUT2D eigenvalue weighted by atomic mass is 9.85. The lowest BCUT2D eigenvalue weighted by Crippen LogP contribution is -2.66. The zero-order valence-corrected chi connectivity index (χ0v) is 21.6. The molecule has 204 valence electrons. The van der Waals surface area contributed by atoms with Gasteiger partial charge in [-0.3, -0.25) is 0 Å². The van der Waals surface area contributed by atoms with Crippen LogP contribution in [0.25, 0.3) is 0 Å². The molecule has 1 aliphatic heterocycles. The van der Waals surface area contributed by atoms with Crippen molar-refractivity contribution in [3.63, 3.8) is 0 Å². The van der Waals surface area contributed by atoms with Crippen molar-refractivity contribution in [2.24, 2.45) is 11.8 Å². The summed E-state index contributed by atoms with van der Waals surface area (Å²) in [6.45, 7) is 5.51. The molecule has 0 aliphatic carbocycles. The van der Waals surface area contributed by atoms with E-state index in [-0.39, 0.29) is 17.4 Å². The zero-order valence-electron chi connectivity index (χ0n) is 21.6. The van der Waals surface area contributed by atoms with Gasteiger partial charge in [-0.2, -0.15) is 0 Å². The first-order chi connectivity index (χ1) is 17.4. The number of phenolic OH excluding ortho intramolecular Hbond substituents is 1. The van der Waals surface area contributed by atoms with Gasteiger partial charge in [0.2, 0.25) is 5.79 Å².